The molecule has 1 N–H and O–H groups in total. The Labute approximate surface area is 148 Å². The summed E-state index contributed by atoms with van der Waals surface area (Å²) in [5.41, 5.74) is 0. The largest absolute Gasteiger partial charge is 0.462 e. The van der Waals surface area contributed by atoms with Crippen LogP contribution in [0.5, 0.6) is 0 Å². The monoisotopic (exact) mass is 389 g/mol. The molecule has 0 aliphatic heterocycles. The van der Waals surface area contributed by atoms with Gasteiger partial charge in [0, 0.05) is 0 Å². The molecule has 0 saturated heterocycles. The third-order valence-electron chi connectivity index (χ3n) is 2.69. The Morgan fingerprint density at radius 1 is 0.920 bits per heavy atom. The SMILES string of the molecule is CC(C)OC(=O)C(C(=O)OC(C)C)[C@H](NS(=O)C(C)(C)C)C(F)(F)F. The summed E-state index contributed by atoms with van der Waals surface area (Å²) < 4.78 is 63.0. The first kappa shape index (κ1) is 23.8. The van der Waals surface area contributed by atoms with E-state index >= 15 is 0 Å². The molecule has 0 aromatic rings. The summed E-state index contributed by atoms with van der Waals surface area (Å²) in [6.45, 7) is 10.1. The average Bonchev–Trinajstić information content (AvgIpc) is 2.33. The first-order valence-corrected chi connectivity index (χ1v) is 8.88. The summed E-state index contributed by atoms with van der Waals surface area (Å²) in [4.78, 5) is 24.3. The smallest absolute Gasteiger partial charge is 0.406 e. The fourth-order valence-electron chi connectivity index (χ4n) is 1.60. The second-order valence-corrected chi connectivity index (χ2v) is 8.97. The molecule has 0 fully saturated rings. The maximum Gasteiger partial charge on any atom is 0.406 e. The van der Waals surface area contributed by atoms with Crippen LogP contribution >= 0.6 is 0 Å². The van der Waals surface area contributed by atoms with Crippen LogP contribution in [0.25, 0.3) is 0 Å². The molecule has 0 aliphatic carbocycles. The zero-order valence-electron chi connectivity index (χ0n) is 15.4. The Morgan fingerprint density at radius 2 is 1.28 bits per heavy atom. The van der Waals surface area contributed by atoms with E-state index in [9.17, 15) is 27.0 Å². The van der Waals surface area contributed by atoms with Gasteiger partial charge in [-0.05, 0) is 48.5 Å². The van der Waals surface area contributed by atoms with Crippen LogP contribution in [0.15, 0.2) is 0 Å². The van der Waals surface area contributed by atoms with E-state index in [0.29, 0.717) is 0 Å². The van der Waals surface area contributed by atoms with Gasteiger partial charge in [-0.15, -0.1) is 0 Å². The Balaban J connectivity index is 5.86. The van der Waals surface area contributed by atoms with Gasteiger partial charge in [0.1, 0.15) is 6.04 Å². The molecule has 10 heteroatoms. The van der Waals surface area contributed by atoms with Gasteiger partial charge < -0.3 is 9.47 Å². The van der Waals surface area contributed by atoms with Gasteiger partial charge in [-0.25, -0.2) is 8.93 Å². The molecule has 2 atom stereocenters. The second kappa shape index (κ2) is 8.98. The van der Waals surface area contributed by atoms with E-state index in [-0.39, 0.29) is 0 Å². The predicted molar refractivity (Wildman–Crippen MR) is 86.8 cm³/mol. The van der Waals surface area contributed by atoms with Gasteiger partial charge in [0.2, 0.25) is 0 Å². The fourth-order valence-corrected chi connectivity index (χ4v) is 2.45. The van der Waals surface area contributed by atoms with E-state index < -0.39 is 58.0 Å². The number of halogens is 3. The fraction of sp³-hybridized carbons (Fsp3) is 0.867. The van der Waals surface area contributed by atoms with Crippen molar-refractivity contribution >= 4 is 22.9 Å². The summed E-state index contributed by atoms with van der Waals surface area (Å²) in [7, 11) is -2.18. The molecule has 0 heterocycles. The van der Waals surface area contributed by atoms with Crippen LogP contribution in [0.2, 0.25) is 0 Å². The first-order chi connectivity index (χ1) is 11.1. The topological polar surface area (TPSA) is 81.7 Å². The van der Waals surface area contributed by atoms with E-state index in [1.807, 2.05) is 4.72 Å². The lowest BCUT2D eigenvalue weighted by Crippen LogP contribution is -2.56. The highest BCUT2D eigenvalue weighted by atomic mass is 32.2. The summed E-state index contributed by atoms with van der Waals surface area (Å²) in [6.07, 6.45) is -6.50. The molecule has 0 spiro atoms. The average molecular weight is 389 g/mol. The quantitative estimate of drug-likeness (QED) is 0.534. The molecule has 25 heavy (non-hydrogen) atoms. The number of carbonyl (C=O) groups excluding carboxylic acids is 2. The first-order valence-electron chi connectivity index (χ1n) is 7.73. The van der Waals surface area contributed by atoms with Gasteiger partial charge in [0.15, 0.2) is 5.92 Å². The van der Waals surface area contributed by atoms with Crippen molar-refractivity contribution < 1.29 is 36.4 Å². The molecule has 0 radical (unpaired) electrons. The lowest BCUT2D eigenvalue weighted by atomic mass is 10.00. The van der Waals surface area contributed by atoms with Crippen molar-refractivity contribution in [3.8, 4) is 0 Å². The zero-order valence-corrected chi connectivity index (χ0v) is 16.2. The number of hydrogen-bond donors (Lipinski definition) is 1. The van der Waals surface area contributed by atoms with Crippen molar-refractivity contribution in [1.29, 1.82) is 0 Å². The summed E-state index contributed by atoms with van der Waals surface area (Å²) >= 11 is 0. The Morgan fingerprint density at radius 3 is 1.52 bits per heavy atom. The lowest BCUT2D eigenvalue weighted by molar-refractivity contribution is -0.192. The van der Waals surface area contributed by atoms with Crippen LogP contribution in [-0.2, 0) is 30.0 Å². The van der Waals surface area contributed by atoms with Crippen molar-refractivity contribution in [3.63, 3.8) is 0 Å². The Bertz CT molecular complexity index is 478. The van der Waals surface area contributed by atoms with Crippen LogP contribution in [-0.4, -0.2) is 45.3 Å². The summed E-state index contributed by atoms with van der Waals surface area (Å²) in [5, 5.41) is 0. The minimum atomic E-state index is -5.03. The van der Waals surface area contributed by atoms with Gasteiger partial charge >= 0.3 is 18.1 Å². The molecule has 0 saturated carbocycles. The van der Waals surface area contributed by atoms with Gasteiger partial charge in [-0.3, -0.25) is 9.59 Å². The van der Waals surface area contributed by atoms with Gasteiger partial charge in [0.05, 0.1) is 27.9 Å². The van der Waals surface area contributed by atoms with E-state index in [2.05, 4.69) is 0 Å². The van der Waals surface area contributed by atoms with E-state index in [0.717, 1.165) is 0 Å². The predicted octanol–water partition coefficient (Wildman–Crippen LogP) is 2.49. The molecule has 0 aromatic carbocycles. The number of nitrogens with one attached hydrogen (secondary N) is 1. The number of esters is 2. The molecule has 0 aliphatic rings. The third kappa shape index (κ3) is 8.17. The molecule has 148 valence electrons. The van der Waals surface area contributed by atoms with Crippen LogP contribution in [0, 0.1) is 5.92 Å². The summed E-state index contributed by atoms with van der Waals surface area (Å²) in [6, 6.07) is -2.70. The Hall–Kier alpha value is -1.16. The van der Waals surface area contributed by atoms with E-state index in [1.165, 1.54) is 48.5 Å². The van der Waals surface area contributed by atoms with E-state index in [4.69, 9.17) is 9.47 Å². The van der Waals surface area contributed by atoms with Crippen molar-refractivity contribution in [1.82, 2.24) is 4.72 Å². The van der Waals surface area contributed by atoms with Crippen LogP contribution < -0.4 is 4.72 Å². The molecule has 0 rings (SSSR count). The number of carbonyl (C=O) groups is 2. The maximum absolute atomic E-state index is 13.5. The van der Waals surface area contributed by atoms with Crippen molar-refractivity contribution in [3.05, 3.63) is 0 Å². The second-order valence-electron chi connectivity index (χ2n) is 6.97. The molecular formula is C15H26F3NO5S. The van der Waals surface area contributed by atoms with Crippen LogP contribution in [0.1, 0.15) is 48.5 Å². The molecule has 0 amide bonds. The van der Waals surface area contributed by atoms with Crippen molar-refractivity contribution in [2.24, 2.45) is 5.92 Å². The highest BCUT2D eigenvalue weighted by molar-refractivity contribution is 7.84. The number of alkyl halides is 3. The van der Waals surface area contributed by atoms with E-state index in [1.54, 1.807) is 0 Å². The van der Waals surface area contributed by atoms with Crippen LogP contribution in [0.3, 0.4) is 0 Å². The summed E-state index contributed by atoms with van der Waals surface area (Å²) in [5.74, 6) is -5.10. The maximum atomic E-state index is 13.5. The number of ether oxygens (including phenoxy) is 2. The van der Waals surface area contributed by atoms with Crippen molar-refractivity contribution in [2.75, 3.05) is 0 Å². The highest BCUT2D eigenvalue weighted by Crippen LogP contribution is 2.29. The van der Waals surface area contributed by atoms with Crippen molar-refractivity contribution in [2.45, 2.75) is 77.6 Å². The standard InChI is InChI=1S/C15H26F3NO5S/c1-8(2)23-12(20)10(13(21)24-9(3)4)11(15(16,17)18)19-25(22)14(5,6)7/h8-11,19H,1-7H3/t11-,25?/m0/s1. The van der Waals surface area contributed by atoms with Gasteiger partial charge in [-0.1, -0.05) is 0 Å². The van der Waals surface area contributed by atoms with Crippen LogP contribution in [0.4, 0.5) is 13.2 Å². The molecule has 6 nitrogen and oxygen atoms in total. The Kier molecular flexibility index (Phi) is 8.56. The lowest BCUT2D eigenvalue weighted by Gasteiger charge is -2.30. The molecule has 0 bridgehead atoms. The number of hydrogen-bond acceptors (Lipinski definition) is 5. The number of rotatable bonds is 7. The zero-order chi connectivity index (χ0) is 20.2. The van der Waals surface area contributed by atoms with Gasteiger partial charge in [-0.2, -0.15) is 13.2 Å². The minimum absolute atomic E-state index is 0.733. The molecular weight excluding hydrogens is 363 g/mol. The minimum Gasteiger partial charge on any atom is -0.462 e. The third-order valence-corrected chi connectivity index (χ3v) is 4.27. The molecule has 1 unspecified atom stereocenters. The normalized spacial score (nSPS) is 15.4. The highest BCUT2D eigenvalue weighted by Gasteiger charge is 2.54. The van der Waals surface area contributed by atoms with Gasteiger partial charge in [0.25, 0.3) is 0 Å². The molecule has 0 aromatic heterocycles.